The first-order valence-corrected chi connectivity index (χ1v) is 5.11. The fourth-order valence-corrected chi connectivity index (χ4v) is 1.91. The lowest BCUT2D eigenvalue weighted by molar-refractivity contribution is 1.00. The molecule has 2 rings (SSSR count). The van der Waals surface area contributed by atoms with Crippen molar-refractivity contribution in [3.63, 3.8) is 0 Å². The van der Waals surface area contributed by atoms with E-state index in [1.165, 1.54) is 11.3 Å². The first kappa shape index (κ1) is 9.36. The van der Waals surface area contributed by atoms with Crippen LogP contribution in [0.15, 0.2) is 18.5 Å². The molecule has 0 bridgehead atoms. The van der Waals surface area contributed by atoms with Crippen LogP contribution >= 0.6 is 22.9 Å². The van der Waals surface area contributed by atoms with E-state index in [1.54, 1.807) is 12.4 Å². The van der Waals surface area contributed by atoms with Crippen LogP contribution in [-0.4, -0.2) is 15.2 Å². The highest BCUT2D eigenvalue weighted by molar-refractivity contribution is 7.15. The van der Waals surface area contributed by atoms with Crippen molar-refractivity contribution >= 4 is 28.1 Å². The molecule has 0 unspecified atom stereocenters. The Hall–Kier alpha value is -1.20. The maximum Gasteiger partial charge on any atom is 0.203 e. The monoisotopic (exact) mass is 226 g/mol. The van der Waals surface area contributed by atoms with E-state index in [9.17, 15) is 0 Å². The minimum absolute atomic E-state index is 0.481. The highest BCUT2D eigenvalue weighted by atomic mass is 35.5. The second-order valence-electron chi connectivity index (χ2n) is 2.72. The van der Waals surface area contributed by atoms with Gasteiger partial charge in [0.15, 0.2) is 0 Å². The van der Waals surface area contributed by atoms with Crippen LogP contribution < -0.4 is 5.73 Å². The number of nitrogens with zero attached hydrogens (tertiary/aromatic N) is 3. The number of anilines is 1. The number of nitrogens with two attached hydrogens (primary N) is 1. The molecule has 0 saturated carbocycles. The second kappa shape index (κ2) is 3.89. The number of halogens is 1. The highest BCUT2D eigenvalue weighted by Crippen LogP contribution is 2.17. The van der Waals surface area contributed by atoms with Gasteiger partial charge in [-0.1, -0.05) is 22.9 Å². The molecule has 14 heavy (non-hydrogen) atoms. The third-order valence-corrected chi connectivity index (χ3v) is 2.56. The Labute approximate surface area is 89.8 Å². The van der Waals surface area contributed by atoms with Crippen LogP contribution in [0.4, 0.5) is 5.13 Å². The van der Waals surface area contributed by atoms with Crippen molar-refractivity contribution in [2.24, 2.45) is 0 Å². The molecule has 6 heteroatoms. The van der Waals surface area contributed by atoms with Gasteiger partial charge in [-0.3, -0.25) is 4.98 Å². The minimum Gasteiger partial charge on any atom is -0.374 e. The zero-order chi connectivity index (χ0) is 9.97. The number of rotatable bonds is 2. The first-order chi connectivity index (χ1) is 6.74. The van der Waals surface area contributed by atoms with Gasteiger partial charge in [0, 0.05) is 18.8 Å². The lowest BCUT2D eigenvalue weighted by Gasteiger charge is -1.96. The molecule has 0 aliphatic rings. The van der Waals surface area contributed by atoms with Gasteiger partial charge in [0.05, 0.1) is 5.02 Å². The first-order valence-electron chi connectivity index (χ1n) is 3.91. The van der Waals surface area contributed by atoms with Gasteiger partial charge in [0.2, 0.25) is 5.13 Å². The summed E-state index contributed by atoms with van der Waals surface area (Å²) in [6, 6.07) is 1.85. The van der Waals surface area contributed by atoms with Crippen LogP contribution in [0.2, 0.25) is 5.02 Å². The largest absolute Gasteiger partial charge is 0.374 e. The minimum atomic E-state index is 0.481. The number of hydrogen-bond acceptors (Lipinski definition) is 5. The molecule has 0 aromatic carbocycles. The quantitative estimate of drug-likeness (QED) is 0.848. The summed E-state index contributed by atoms with van der Waals surface area (Å²) >= 11 is 7.17. The molecule has 0 aliphatic carbocycles. The van der Waals surface area contributed by atoms with Crippen LogP contribution in [0.5, 0.6) is 0 Å². The van der Waals surface area contributed by atoms with E-state index in [0.717, 1.165) is 10.6 Å². The Morgan fingerprint density at radius 3 is 2.86 bits per heavy atom. The summed E-state index contributed by atoms with van der Waals surface area (Å²) in [7, 11) is 0. The van der Waals surface area contributed by atoms with Crippen molar-refractivity contribution in [1.82, 2.24) is 15.2 Å². The van der Waals surface area contributed by atoms with E-state index in [4.69, 9.17) is 17.3 Å². The SMILES string of the molecule is Nc1nnc(Cc2cncc(Cl)c2)s1. The topological polar surface area (TPSA) is 64.7 Å². The molecule has 0 spiro atoms. The fourth-order valence-electron chi connectivity index (χ4n) is 1.07. The summed E-state index contributed by atoms with van der Waals surface area (Å²) in [5, 5.41) is 9.62. The van der Waals surface area contributed by atoms with Gasteiger partial charge < -0.3 is 5.73 Å². The van der Waals surface area contributed by atoms with E-state index in [1.807, 2.05) is 6.07 Å². The van der Waals surface area contributed by atoms with Crippen molar-refractivity contribution in [3.8, 4) is 0 Å². The van der Waals surface area contributed by atoms with Crippen LogP contribution in [0.1, 0.15) is 10.6 Å². The molecule has 0 amide bonds. The maximum absolute atomic E-state index is 5.80. The summed E-state index contributed by atoms with van der Waals surface area (Å²) in [5.41, 5.74) is 6.47. The molecule has 0 aliphatic heterocycles. The normalized spacial score (nSPS) is 10.4. The van der Waals surface area contributed by atoms with Crippen molar-refractivity contribution < 1.29 is 0 Å². The Kier molecular flexibility index (Phi) is 2.60. The lowest BCUT2D eigenvalue weighted by atomic mass is 10.2. The van der Waals surface area contributed by atoms with Gasteiger partial charge in [-0.05, 0) is 11.6 Å². The average Bonchev–Trinajstić information content (AvgIpc) is 2.51. The highest BCUT2D eigenvalue weighted by Gasteiger charge is 2.03. The number of hydrogen-bond donors (Lipinski definition) is 1. The van der Waals surface area contributed by atoms with Crippen LogP contribution in [0.3, 0.4) is 0 Å². The van der Waals surface area contributed by atoms with E-state index < -0.39 is 0 Å². The van der Waals surface area contributed by atoms with Gasteiger partial charge in [-0.2, -0.15) is 0 Å². The average molecular weight is 227 g/mol. The van der Waals surface area contributed by atoms with Crippen LogP contribution in [-0.2, 0) is 6.42 Å². The zero-order valence-corrected chi connectivity index (χ0v) is 8.72. The number of nitrogen functional groups attached to an aromatic ring is 1. The number of pyridine rings is 1. The van der Waals surface area contributed by atoms with Crippen molar-refractivity contribution in [3.05, 3.63) is 34.1 Å². The van der Waals surface area contributed by atoms with E-state index in [0.29, 0.717) is 16.6 Å². The predicted octanol–water partition coefficient (Wildman–Crippen LogP) is 1.76. The molecular weight excluding hydrogens is 220 g/mol. The van der Waals surface area contributed by atoms with E-state index >= 15 is 0 Å². The molecule has 0 fully saturated rings. The summed E-state index contributed by atoms with van der Waals surface area (Å²) in [6.45, 7) is 0. The molecule has 72 valence electrons. The molecule has 2 N–H and O–H groups in total. The summed E-state index contributed by atoms with van der Waals surface area (Å²) in [6.07, 6.45) is 4.02. The van der Waals surface area contributed by atoms with E-state index in [-0.39, 0.29) is 0 Å². The molecule has 0 atom stereocenters. The fraction of sp³-hybridized carbons (Fsp3) is 0.125. The smallest absolute Gasteiger partial charge is 0.203 e. The lowest BCUT2D eigenvalue weighted by Crippen LogP contribution is -1.88. The van der Waals surface area contributed by atoms with Gasteiger partial charge in [0.1, 0.15) is 5.01 Å². The van der Waals surface area contributed by atoms with Gasteiger partial charge >= 0.3 is 0 Å². The van der Waals surface area contributed by atoms with Crippen molar-refractivity contribution in [2.45, 2.75) is 6.42 Å². The van der Waals surface area contributed by atoms with Gasteiger partial charge in [-0.25, -0.2) is 0 Å². The van der Waals surface area contributed by atoms with Gasteiger partial charge in [0.25, 0.3) is 0 Å². The molecule has 2 heterocycles. The molecule has 0 radical (unpaired) electrons. The van der Waals surface area contributed by atoms with Crippen molar-refractivity contribution in [1.29, 1.82) is 0 Å². The van der Waals surface area contributed by atoms with E-state index in [2.05, 4.69) is 15.2 Å². The molecular formula is C8H7ClN4S. The van der Waals surface area contributed by atoms with Crippen LogP contribution in [0.25, 0.3) is 0 Å². The third-order valence-electron chi connectivity index (χ3n) is 1.60. The standard InChI is InChI=1S/C8H7ClN4S/c9-6-1-5(3-11-4-6)2-7-12-13-8(10)14-7/h1,3-4H,2H2,(H2,10,13). The van der Waals surface area contributed by atoms with Crippen molar-refractivity contribution in [2.75, 3.05) is 5.73 Å². The molecule has 4 nitrogen and oxygen atoms in total. The second-order valence-corrected chi connectivity index (χ2v) is 4.25. The summed E-state index contributed by atoms with van der Waals surface area (Å²) < 4.78 is 0. The van der Waals surface area contributed by atoms with Crippen LogP contribution in [0, 0.1) is 0 Å². The summed E-state index contributed by atoms with van der Waals surface area (Å²) in [5.74, 6) is 0. The number of aromatic nitrogens is 3. The summed E-state index contributed by atoms with van der Waals surface area (Å²) in [4.78, 5) is 3.98. The molecule has 2 aromatic heterocycles. The third kappa shape index (κ3) is 2.18. The maximum atomic E-state index is 5.80. The zero-order valence-electron chi connectivity index (χ0n) is 7.14. The van der Waals surface area contributed by atoms with Gasteiger partial charge in [-0.15, -0.1) is 10.2 Å². The Morgan fingerprint density at radius 2 is 2.21 bits per heavy atom. The Bertz CT molecular complexity index is 442. The predicted molar refractivity (Wildman–Crippen MR) is 56.4 cm³/mol. The molecule has 0 saturated heterocycles. The Balaban J connectivity index is 2.18. The molecule has 2 aromatic rings. The Morgan fingerprint density at radius 1 is 1.36 bits per heavy atom.